The zero-order chi connectivity index (χ0) is 27.3. The molecule has 0 amide bonds. The van der Waals surface area contributed by atoms with Crippen molar-refractivity contribution in [2.45, 2.75) is 26.1 Å². The molecule has 2 N–H and O–H groups in total. The second-order valence-corrected chi connectivity index (χ2v) is 8.77. The van der Waals surface area contributed by atoms with Gasteiger partial charge in [-0.3, -0.25) is 5.43 Å². The first-order valence-corrected chi connectivity index (χ1v) is 11.8. The number of benzene rings is 3. The molecule has 196 valence electrons. The Morgan fingerprint density at radius 2 is 1.76 bits per heavy atom. The highest BCUT2D eigenvalue weighted by Gasteiger charge is 2.31. The van der Waals surface area contributed by atoms with E-state index >= 15 is 0 Å². The van der Waals surface area contributed by atoms with Crippen LogP contribution in [0.15, 0.2) is 78.2 Å². The number of nitrogens with zero attached hydrogens (tertiary/aromatic N) is 4. The van der Waals surface area contributed by atoms with Gasteiger partial charge in [0.15, 0.2) is 10.9 Å². The van der Waals surface area contributed by atoms with Crippen molar-refractivity contribution in [3.05, 3.63) is 90.0 Å². The Hall–Kier alpha value is -4.32. The first kappa shape index (κ1) is 26.7. The van der Waals surface area contributed by atoms with E-state index in [1.54, 1.807) is 36.5 Å². The summed E-state index contributed by atoms with van der Waals surface area (Å²) in [4.78, 5) is 4.26. The Kier molecular flexibility index (Phi) is 8.01. The predicted octanol–water partition coefficient (Wildman–Crippen LogP) is 6.42. The molecule has 0 aliphatic heterocycles. The van der Waals surface area contributed by atoms with Crippen LogP contribution in [0.5, 0.6) is 5.75 Å². The van der Waals surface area contributed by atoms with Crippen LogP contribution in [0.25, 0.3) is 17.1 Å². The molecule has 0 aliphatic carbocycles. The molecule has 4 rings (SSSR count). The molecule has 0 spiro atoms. The van der Waals surface area contributed by atoms with Crippen LogP contribution in [0.3, 0.4) is 0 Å². The number of aromatic nitrogens is 3. The summed E-state index contributed by atoms with van der Waals surface area (Å²) in [7, 11) is 0. The predicted molar refractivity (Wildman–Crippen MR) is 141 cm³/mol. The molecule has 1 aromatic heterocycles. The Morgan fingerprint density at radius 3 is 2.42 bits per heavy atom. The zero-order valence-corrected chi connectivity index (χ0v) is 21.0. The van der Waals surface area contributed by atoms with Crippen molar-refractivity contribution in [3.63, 3.8) is 0 Å². The highest BCUT2D eigenvalue weighted by atomic mass is 32.1. The van der Waals surface area contributed by atoms with Gasteiger partial charge in [0.05, 0.1) is 17.6 Å². The number of halogens is 4. The Bertz CT molecular complexity index is 1430. The van der Waals surface area contributed by atoms with Crippen LogP contribution in [0.2, 0.25) is 0 Å². The van der Waals surface area contributed by atoms with Crippen LogP contribution in [-0.2, 0) is 0 Å². The van der Waals surface area contributed by atoms with Crippen LogP contribution in [0.4, 0.5) is 23.2 Å². The fraction of sp³-hybridized carbons (Fsp3) is 0.154. The number of anilines is 1. The van der Waals surface area contributed by atoms with Gasteiger partial charge in [0.25, 0.3) is 0 Å². The average molecular weight is 543 g/mol. The van der Waals surface area contributed by atoms with Gasteiger partial charge in [0.2, 0.25) is 0 Å². The lowest BCUT2D eigenvalue weighted by molar-refractivity contribution is -0.274. The summed E-state index contributed by atoms with van der Waals surface area (Å²) in [6.07, 6.45) is -1.74. The van der Waals surface area contributed by atoms with E-state index in [2.05, 4.69) is 30.7 Å². The number of hydrazone groups is 1. The first-order chi connectivity index (χ1) is 18.1. The maximum absolute atomic E-state index is 14.3. The molecule has 0 bridgehead atoms. The molecule has 0 radical (unpaired) electrons. The van der Waals surface area contributed by atoms with Gasteiger partial charge < -0.3 is 10.1 Å². The van der Waals surface area contributed by atoms with E-state index in [-0.39, 0.29) is 16.8 Å². The maximum Gasteiger partial charge on any atom is 0.573 e. The van der Waals surface area contributed by atoms with Gasteiger partial charge in [-0.25, -0.2) is 14.1 Å². The molecule has 3 aromatic carbocycles. The molecule has 0 saturated carbocycles. The molecule has 7 nitrogen and oxygen atoms in total. The summed E-state index contributed by atoms with van der Waals surface area (Å²) >= 11 is 5.24. The van der Waals surface area contributed by atoms with Gasteiger partial charge in [-0.05, 0) is 59.6 Å². The lowest BCUT2D eigenvalue weighted by Gasteiger charge is -2.15. The lowest BCUT2D eigenvalue weighted by Crippen LogP contribution is -2.25. The third kappa shape index (κ3) is 6.91. The number of rotatable bonds is 7. The summed E-state index contributed by atoms with van der Waals surface area (Å²) in [6, 6.07) is 17.3. The van der Waals surface area contributed by atoms with Crippen molar-refractivity contribution >= 4 is 29.2 Å². The molecule has 1 heterocycles. The quantitative estimate of drug-likeness (QED) is 0.122. The topological polar surface area (TPSA) is 76.4 Å². The van der Waals surface area contributed by atoms with Crippen molar-refractivity contribution < 1.29 is 22.3 Å². The van der Waals surface area contributed by atoms with Crippen LogP contribution < -0.4 is 15.5 Å². The first-order valence-electron chi connectivity index (χ1n) is 11.4. The SMILES string of the molecule is CC(C)c1cccc(F)c1NC(=S)N/N=C\c1ccc(-c2ncn(-c3ccc(OC(F)(F)F)cc3)n2)cc1. The average Bonchev–Trinajstić information content (AvgIpc) is 3.35. The summed E-state index contributed by atoms with van der Waals surface area (Å²) in [5.41, 5.74) is 5.81. The van der Waals surface area contributed by atoms with E-state index in [0.29, 0.717) is 17.2 Å². The highest BCUT2D eigenvalue weighted by Crippen LogP contribution is 2.27. The highest BCUT2D eigenvalue weighted by molar-refractivity contribution is 7.80. The second-order valence-electron chi connectivity index (χ2n) is 8.36. The molecule has 4 aromatic rings. The number of hydrogen-bond donors (Lipinski definition) is 2. The van der Waals surface area contributed by atoms with Gasteiger partial charge in [-0.1, -0.05) is 50.2 Å². The maximum atomic E-state index is 14.3. The zero-order valence-electron chi connectivity index (χ0n) is 20.2. The van der Waals surface area contributed by atoms with Crippen LogP contribution >= 0.6 is 12.2 Å². The van der Waals surface area contributed by atoms with Crippen molar-refractivity contribution in [2.75, 3.05) is 5.32 Å². The minimum atomic E-state index is -4.75. The molecule has 0 saturated heterocycles. The molecular weight excluding hydrogens is 520 g/mol. The fourth-order valence-electron chi connectivity index (χ4n) is 3.50. The monoisotopic (exact) mass is 542 g/mol. The number of para-hydroxylation sites is 1. The number of ether oxygens (including phenoxy) is 1. The normalized spacial score (nSPS) is 11.7. The molecular formula is C26H22F4N6OS. The summed E-state index contributed by atoms with van der Waals surface area (Å²) in [5, 5.41) is 11.5. The third-order valence-corrected chi connectivity index (χ3v) is 5.48. The number of nitrogens with one attached hydrogen (secondary N) is 2. The minimum absolute atomic E-state index is 0.109. The summed E-state index contributed by atoms with van der Waals surface area (Å²) in [5.74, 6) is -0.184. The standard InChI is InChI=1S/C26H22F4N6OS/c1-16(2)21-4-3-5-22(27)23(21)33-25(38)34-32-14-17-6-8-18(9-7-17)24-31-15-36(35-24)19-10-12-20(13-11-19)37-26(28,29)30/h3-16H,1-2H3,(H2,33,34,38)/b32-14-. The minimum Gasteiger partial charge on any atom is -0.406 e. The van der Waals surface area contributed by atoms with Crippen molar-refractivity contribution in [2.24, 2.45) is 5.10 Å². The lowest BCUT2D eigenvalue weighted by atomic mass is 10.0. The van der Waals surface area contributed by atoms with Gasteiger partial charge in [-0.15, -0.1) is 18.3 Å². The van der Waals surface area contributed by atoms with Gasteiger partial charge >= 0.3 is 6.36 Å². The second kappa shape index (κ2) is 11.4. The number of alkyl halides is 3. The summed E-state index contributed by atoms with van der Waals surface area (Å²) in [6.45, 7) is 3.93. The van der Waals surface area contributed by atoms with Gasteiger partial charge in [-0.2, -0.15) is 5.10 Å². The summed E-state index contributed by atoms with van der Waals surface area (Å²) < 4.78 is 56.6. The van der Waals surface area contributed by atoms with E-state index in [0.717, 1.165) is 16.7 Å². The molecule has 0 atom stereocenters. The fourth-order valence-corrected chi connectivity index (χ4v) is 3.65. The van der Waals surface area contributed by atoms with E-state index < -0.39 is 12.2 Å². The van der Waals surface area contributed by atoms with Crippen LogP contribution in [0, 0.1) is 5.82 Å². The largest absolute Gasteiger partial charge is 0.573 e. The van der Waals surface area contributed by atoms with Crippen LogP contribution in [-0.4, -0.2) is 32.5 Å². The number of thiocarbonyl (C=S) groups is 1. The van der Waals surface area contributed by atoms with Crippen molar-refractivity contribution in [3.8, 4) is 22.8 Å². The molecule has 0 unspecified atom stereocenters. The van der Waals surface area contributed by atoms with E-state index in [9.17, 15) is 17.6 Å². The molecule has 0 aliphatic rings. The molecule has 38 heavy (non-hydrogen) atoms. The van der Waals surface area contributed by atoms with Gasteiger partial charge in [0.1, 0.15) is 17.9 Å². The molecule has 0 fully saturated rings. The van der Waals surface area contributed by atoms with E-state index in [1.807, 2.05) is 19.9 Å². The Balaban J connectivity index is 1.36. The van der Waals surface area contributed by atoms with Crippen molar-refractivity contribution in [1.29, 1.82) is 0 Å². The smallest absolute Gasteiger partial charge is 0.406 e. The van der Waals surface area contributed by atoms with E-state index in [1.165, 1.54) is 41.3 Å². The Labute approximate surface area is 221 Å². The number of hydrogen-bond acceptors (Lipinski definition) is 5. The van der Waals surface area contributed by atoms with Crippen LogP contribution in [0.1, 0.15) is 30.9 Å². The molecule has 12 heteroatoms. The third-order valence-electron chi connectivity index (χ3n) is 5.28. The van der Waals surface area contributed by atoms with Gasteiger partial charge in [0, 0.05) is 5.56 Å². The van der Waals surface area contributed by atoms with E-state index in [4.69, 9.17) is 12.2 Å². The Morgan fingerprint density at radius 1 is 1.05 bits per heavy atom. The van der Waals surface area contributed by atoms with Crippen molar-refractivity contribution in [1.82, 2.24) is 20.2 Å².